The number of halogens is 1. The summed E-state index contributed by atoms with van der Waals surface area (Å²) in [5.41, 5.74) is 7.27. The van der Waals surface area contributed by atoms with Crippen LogP contribution in [-0.2, 0) is 6.42 Å². The number of nitrogens with one attached hydrogen (secondary N) is 1. The fourth-order valence-corrected chi connectivity index (χ4v) is 2.21. The molecule has 0 aliphatic carbocycles. The van der Waals surface area contributed by atoms with E-state index in [-0.39, 0.29) is 0 Å². The number of carbonyl (C=O) groups excluding carboxylic acids is 1. The minimum absolute atomic E-state index is 0.339. The van der Waals surface area contributed by atoms with Gasteiger partial charge < -0.3 is 10.7 Å². The Morgan fingerprint density at radius 3 is 2.88 bits per heavy atom. The molecule has 1 heterocycles. The number of benzene rings is 1. The van der Waals surface area contributed by atoms with E-state index in [9.17, 15) is 4.79 Å². The van der Waals surface area contributed by atoms with E-state index in [0.717, 1.165) is 20.9 Å². The lowest BCUT2D eigenvalue weighted by molar-refractivity contribution is 0.0996. The SMILES string of the molecule is N#CCc1cc(Br)c2[nH]c(C(N)=O)cc2c1. The summed E-state index contributed by atoms with van der Waals surface area (Å²) in [5.74, 6) is -0.495. The molecule has 0 aliphatic rings. The first-order valence-electron chi connectivity index (χ1n) is 4.59. The maximum atomic E-state index is 11.0. The molecule has 0 fully saturated rings. The van der Waals surface area contributed by atoms with Gasteiger partial charge in [-0.15, -0.1) is 0 Å². The van der Waals surface area contributed by atoms with Gasteiger partial charge in [0.15, 0.2) is 0 Å². The maximum Gasteiger partial charge on any atom is 0.265 e. The number of nitrogens with zero attached hydrogens (tertiary/aromatic N) is 1. The summed E-state index contributed by atoms with van der Waals surface area (Å²) in [6, 6.07) is 7.49. The van der Waals surface area contributed by atoms with Crippen molar-refractivity contribution in [3.05, 3.63) is 33.9 Å². The van der Waals surface area contributed by atoms with Gasteiger partial charge in [-0.1, -0.05) is 0 Å². The second kappa shape index (κ2) is 3.99. The minimum Gasteiger partial charge on any atom is -0.364 e. The number of hydrogen-bond donors (Lipinski definition) is 2. The van der Waals surface area contributed by atoms with Crippen LogP contribution in [0.15, 0.2) is 22.7 Å². The number of primary amides is 1. The van der Waals surface area contributed by atoms with Crippen molar-refractivity contribution in [3.8, 4) is 6.07 Å². The van der Waals surface area contributed by atoms with Crippen molar-refractivity contribution in [3.63, 3.8) is 0 Å². The highest BCUT2D eigenvalue weighted by atomic mass is 79.9. The van der Waals surface area contributed by atoms with Gasteiger partial charge in [0.1, 0.15) is 5.69 Å². The molecule has 0 saturated heterocycles. The molecule has 0 atom stereocenters. The molecule has 0 unspecified atom stereocenters. The van der Waals surface area contributed by atoms with E-state index in [0.29, 0.717) is 12.1 Å². The zero-order valence-electron chi connectivity index (χ0n) is 8.25. The Labute approximate surface area is 100 Å². The zero-order valence-corrected chi connectivity index (χ0v) is 9.84. The molecule has 5 heteroatoms. The van der Waals surface area contributed by atoms with E-state index in [1.807, 2.05) is 12.1 Å². The summed E-state index contributed by atoms with van der Waals surface area (Å²) >= 11 is 3.39. The van der Waals surface area contributed by atoms with Crippen LogP contribution in [0.3, 0.4) is 0 Å². The second-order valence-corrected chi connectivity index (χ2v) is 4.28. The summed E-state index contributed by atoms with van der Waals surface area (Å²) in [6.45, 7) is 0. The monoisotopic (exact) mass is 277 g/mol. The Kier molecular flexibility index (Phi) is 2.67. The molecule has 0 radical (unpaired) electrons. The fourth-order valence-electron chi connectivity index (χ4n) is 1.58. The summed E-state index contributed by atoms with van der Waals surface area (Å²) in [4.78, 5) is 13.9. The molecule has 2 aromatic rings. The zero-order chi connectivity index (χ0) is 11.7. The predicted octanol–water partition coefficient (Wildman–Crippen LogP) is 2.10. The standard InChI is InChI=1S/C11H8BrN3O/c12-8-4-6(1-2-13)3-7-5-9(11(14)16)15-10(7)8/h3-5,15H,1H2,(H2,14,16). The molecule has 0 spiro atoms. The number of hydrogen-bond acceptors (Lipinski definition) is 2. The number of nitriles is 1. The van der Waals surface area contributed by atoms with E-state index in [2.05, 4.69) is 27.0 Å². The van der Waals surface area contributed by atoms with Gasteiger partial charge >= 0.3 is 0 Å². The van der Waals surface area contributed by atoms with E-state index in [4.69, 9.17) is 11.0 Å². The Bertz CT molecular complexity index is 609. The first-order chi connectivity index (χ1) is 7.61. The van der Waals surface area contributed by atoms with E-state index < -0.39 is 5.91 Å². The molecule has 1 aromatic carbocycles. The topological polar surface area (TPSA) is 82.7 Å². The van der Waals surface area contributed by atoms with Crippen LogP contribution in [0, 0.1) is 11.3 Å². The second-order valence-electron chi connectivity index (χ2n) is 3.42. The average Bonchev–Trinajstić information content (AvgIpc) is 2.62. The van der Waals surface area contributed by atoms with Crippen LogP contribution in [0.2, 0.25) is 0 Å². The number of nitrogens with two attached hydrogens (primary N) is 1. The van der Waals surface area contributed by atoms with Crippen LogP contribution >= 0.6 is 15.9 Å². The first kappa shape index (κ1) is 10.7. The Balaban J connectivity index is 2.64. The van der Waals surface area contributed by atoms with Gasteiger partial charge in [0.2, 0.25) is 0 Å². The molecule has 1 amide bonds. The highest BCUT2D eigenvalue weighted by Crippen LogP contribution is 2.26. The van der Waals surface area contributed by atoms with Gasteiger partial charge in [-0.25, -0.2) is 0 Å². The smallest absolute Gasteiger partial charge is 0.265 e. The van der Waals surface area contributed by atoms with Crippen molar-refractivity contribution in [1.82, 2.24) is 4.98 Å². The molecule has 0 aliphatic heterocycles. The van der Waals surface area contributed by atoms with E-state index in [1.165, 1.54) is 0 Å². The molecule has 4 nitrogen and oxygen atoms in total. The lowest BCUT2D eigenvalue weighted by Crippen LogP contribution is -2.10. The molecule has 0 saturated carbocycles. The van der Waals surface area contributed by atoms with Gasteiger partial charge in [0, 0.05) is 9.86 Å². The predicted molar refractivity (Wildman–Crippen MR) is 63.8 cm³/mol. The molecule has 0 bridgehead atoms. The van der Waals surface area contributed by atoms with Crippen molar-refractivity contribution < 1.29 is 4.79 Å². The number of carbonyl (C=O) groups is 1. The van der Waals surface area contributed by atoms with Crippen molar-refractivity contribution in [2.75, 3.05) is 0 Å². The normalized spacial score (nSPS) is 10.2. The third-order valence-corrected chi connectivity index (χ3v) is 2.91. The Hall–Kier alpha value is -1.80. The molecule has 3 N–H and O–H groups in total. The third kappa shape index (κ3) is 1.79. The van der Waals surface area contributed by atoms with Crippen LogP contribution in [0.25, 0.3) is 10.9 Å². The van der Waals surface area contributed by atoms with Crippen LogP contribution in [0.5, 0.6) is 0 Å². The lowest BCUT2D eigenvalue weighted by atomic mass is 10.1. The minimum atomic E-state index is -0.495. The number of fused-ring (bicyclic) bond motifs is 1. The summed E-state index contributed by atoms with van der Waals surface area (Å²) in [7, 11) is 0. The number of aromatic nitrogens is 1. The van der Waals surface area contributed by atoms with Gasteiger partial charge in [-0.2, -0.15) is 5.26 Å². The Morgan fingerprint density at radius 2 is 2.25 bits per heavy atom. The van der Waals surface area contributed by atoms with Gasteiger partial charge in [-0.05, 0) is 39.7 Å². The highest BCUT2D eigenvalue weighted by Gasteiger charge is 2.09. The van der Waals surface area contributed by atoms with Crippen LogP contribution in [-0.4, -0.2) is 10.9 Å². The molecular weight excluding hydrogens is 270 g/mol. The number of aromatic amines is 1. The molecule has 1 aromatic heterocycles. The fraction of sp³-hybridized carbons (Fsp3) is 0.0909. The van der Waals surface area contributed by atoms with Crippen LogP contribution in [0.4, 0.5) is 0 Å². The maximum absolute atomic E-state index is 11.0. The number of amides is 1. The third-order valence-electron chi connectivity index (χ3n) is 2.29. The molecule has 2 rings (SSSR count). The molecular formula is C11H8BrN3O. The molecule has 80 valence electrons. The number of rotatable bonds is 2. The van der Waals surface area contributed by atoms with Crippen molar-refractivity contribution in [2.24, 2.45) is 5.73 Å². The van der Waals surface area contributed by atoms with Gasteiger partial charge in [0.05, 0.1) is 18.0 Å². The summed E-state index contributed by atoms with van der Waals surface area (Å²) in [5, 5.41) is 9.50. The van der Waals surface area contributed by atoms with E-state index in [1.54, 1.807) is 6.07 Å². The largest absolute Gasteiger partial charge is 0.364 e. The van der Waals surface area contributed by atoms with Gasteiger partial charge in [0.25, 0.3) is 5.91 Å². The highest BCUT2D eigenvalue weighted by molar-refractivity contribution is 9.10. The number of H-pyrrole nitrogens is 1. The lowest BCUT2D eigenvalue weighted by Gasteiger charge is -1.98. The Morgan fingerprint density at radius 1 is 1.50 bits per heavy atom. The van der Waals surface area contributed by atoms with Crippen LogP contribution < -0.4 is 5.73 Å². The first-order valence-corrected chi connectivity index (χ1v) is 5.39. The average molecular weight is 278 g/mol. The quantitative estimate of drug-likeness (QED) is 0.881. The summed E-state index contributed by atoms with van der Waals surface area (Å²) in [6.07, 6.45) is 0.339. The molecule has 16 heavy (non-hydrogen) atoms. The van der Waals surface area contributed by atoms with Crippen molar-refractivity contribution >= 4 is 32.7 Å². The van der Waals surface area contributed by atoms with E-state index >= 15 is 0 Å². The van der Waals surface area contributed by atoms with Gasteiger partial charge in [-0.3, -0.25) is 4.79 Å². The van der Waals surface area contributed by atoms with Crippen molar-refractivity contribution in [2.45, 2.75) is 6.42 Å². The van der Waals surface area contributed by atoms with Crippen LogP contribution in [0.1, 0.15) is 16.1 Å². The summed E-state index contributed by atoms with van der Waals surface area (Å²) < 4.78 is 0.822. The van der Waals surface area contributed by atoms with Crippen molar-refractivity contribution in [1.29, 1.82) is 5.26 Å².